The highest BCUT2D eigenvalue weighted by Gasteiger charge is 2.30. The molecule has 0 aliphatic heterocycles. The van der Waals surface area contributed by atoms with Crippen molar-refractivity contribution in [1.29, 1.82) is 0 Å². The van der Waals surface area contributed by atoms with E-state index in [9.17, 15) is 0 Å². The molecule has 0 bridgehead atoms. The van der Waals surface area contributed by atoms with Gasteiger partial charge in [0.2, 0.25) is 0 Å². The topological polar surface area (TPSA) is 34.1 Å². The summed E-state index contributed by atoms with van der Waals surface area (Å²) in [7, 11) is 1.78. The molecule has 4 heteroatoms. The van der Waals surface area contributed by atoms with Gasteiger partial charge in [-0.1, -0.05) is 0 Å². The third-order valence-electron chi connectivity index (χ3n) is 3.06. The van der Waals surface area contributed by atoms with Gasteiger partial charge in [0.15, 0.2) is 0 Å². The highest BCUT2D eigenvalue weighted by Crippen LogP contribution is 2.33. The third kappa shape index (κ3) is 3.03. The van der Waals surface area contributed by atoms with E-state index in [-0.39, 0.29) is 0 Å². The van der Waals surface area contributed by atoms with E-state index in [1.165, 1.54) is 23.4 Å². The Morgan fingerprint density at radius 3 is 2.75 bits per heavy atom. The van der Waals surface area contributed by atoms with Gasteiger partial charge in [0.1, 0.15) is 0 Å². The molecule has 1 fully saturated rings. The van der Waals surface area contributed by atoms with E-state index in [1.807, 2.05) is 0 Å². The van der Waals surface area contributed by atoms with Crippen molar-refractivity contribution in [3.8, 4) is 0 Å². The van der Waals surface area contributed by atoms with E-state index >= 15 is 0 Å². The third-order valence-corrected chi connectivity index (χ3v) is 4.13. The summed E-state index contributed by atoms with van der Waals surface area (Å²) in [6.07, 6.45) is 2.70. The maximum atomic E-state index is 5.25. The molecule has 2 rings (SSSR count). The lowest BCUT2D eigenvalue weighted by Gasteiger charge is -2.16. The van der Waals surface area contributed by atoms with Crippen LogP contribution in [0.1, 0.15) is 28.4 Å². The minimum atomic E-state index is 0.520. The zero-order chi connectivity index (χ0) is 11.5. The average Bonchev–Trinajstić information content (AvgIpc) is 3.01. The van der Waals surface area contributed by atoms with E-state index in [2.05, 4.69) is 24.1 Å². The van der Waals surface area contributed by atoms with Crippen LogP contribution < -0.4 is 5.32 Å². The van der Waals surface area contributed by atoms with Crippen molar-refractivity contribution in [3.63, 3.8) is 0 Å². The van der Waals surface area contributed by atoms with Crippen LogP contribution in [0.15, 0.2) is 0 Å². The van der Waals surface area contributed by atoms with Crippen LogP contribution in [-0.4, -0.2) is 24.7 Å². The standard InChI is InChI=1S/C12H20N2OS/c1-8-12(16-9(2)14-8)6-13-11(7-15-3)10-4-5-10/h10-11,13H,4-7H2,1-3H3. The number of aromatic nitrogens is 1. The summed E-state index contributed by atoms with van der Waals surface area (Å²) < 4.78 is 5.25. The molecular weight excluding hydrogens is 220 g/mol. The second-order valence-electron chi connectivity index (χ2n) is 4.52. The SMILES string of the molecule is COCC(NCc1sc(C)nc1C)C1CC1. The van der Waals surface area contributed by atoms with Crippen LogP contribution >= 0.6 is 11.3 Å². The van der Waals surface area contributed by atoms with E-state index in [1.54, 1.807) is 18.4 Å². The Morgan fingerprint density at radius 1 is 1.50 bits per heavy atom. The molecule has 1 heterocycles. The van der Waals surface area contributed by atoms with Gasteiger partial charge in [0.25, 0.3) is 0 Å². The minimum absolute atomic E-state index is 0.520. The fourth-order valence-corrected chi connectivity index (χ4v) is 2.89. The molecule has 1 N–H and O–H groups in total. The Balaban J connectivity index is 1.87. The fraction of sp³-hybridized carbons (Fsp3) is 0.750. The highest BCUT2D eigenvalue weighted by atomic mass is 32.1. The first-order valence-electron chi connectivity index (χ1n) is 5.86. The van der Waals surface area contributed by atoms with Gasteiger partial charge in [-0.25, -0.2) is 4.98 Å². The van der Waals surface area contributed by atoms with Crippen LogP contribution in [-0.2, 0) is 11.3 Å². The van der Waals surface area contributed by atoms with Crippen LogP contribution in [0.5, 0.6) is 0 Å². The molecule has 3 nitrogen and oxygen atoms in total. The van der Waals surface area contributed by atoms with Gasteiger partial charge >= 0.3 is 0 Å². The second kappa shape index (κ2) is 5.25. The van der Waals surface area contributed by atoms with E-state index in [0.29, 0.717) is 6.04 Å². The Hall–Kier alpha value is -0.450. The lowest BCUT2D eigenvalue weighted by atomic mass is 10.2. The Morgan fingerprint density at radius 2 is 2.25 bits per heavy atom. The fourth-order valence-electron chi connectivity index (χ4n) is 2.00. The summed E-state index contributed by atoms with van der Waals surface area (Å²) in [6, 6.07) is 0.520. The van der Waals surface area contributed by atoms with E-state index in [0.717, 1.165) is 24.1 Å². The van der Waals surface area contributed by atoms with Gasteiger partial charge in [0.05, 0.1) is 17.3 Å². The van der Waals surface area contributed by atoms with Crippen molar-refractivity contribution >= 4 is 11.3 Å². The maximum Gasteiger partial charge on any atom is 0.0900 e. The summed E-state index contributed by atoms with van der Waals surface area (Å²) in [5, 5.41) is 4.75. The summed E-state index contributed by atoms with van der Waals surface area (Å²) in [6.45, 7) is 5.90. The molecule has 0 aromatic carbocycles. The largest absolute Gasteiger partial charge is 0.383 e. The first-order chi connectivity index (χ1) is 7.70. The predicted molar refractivity (Wildman–Crippen MR) is 66.8 cm³/mol. The van der Waals surface area contributed by atoms with Crippen molar-refractivity contribution in [1.82, 2.24) is 10.3 Å². The van der Waals surface area contributed by atoms with Crippen LogP contribution in [0, 0.1) is 19.8 Å². The number of hydrogen-bond donors (Lipinski definition) is 1. The summed E-state index contributed by atoms with van der Waals surface area (Å²) >= 11 is 1.79. The van der Waals surface area contributed by atoms with Gasteiger partial charge < -0.3 is 10.1 Å². The van der Waals surface area contributed by atoms with E-state index in [4.69, 9.17) is 4.74 Å². The van der Waals surface area contributed by atoms with E-state index < -0.39 is 0 Å². The molecule has 1 atom stereocenters. The molecule has 0 amide bonds. The number of ether oxygens (including phenoxy) is 1. The molecular formula is C12H20N2OS. The minimum Gasteiger partial charge on any atom is -0.383 e. The normalized spacial score (nSPS) is 17.7. The zero-order valence-electron chi connectivity index (χ0n) is 10.2. The molecule has 1 aromatic rings. The van der Waals surface area contributed by atoms with Gasteiger partial charge in [-0.05, 0) is 32.6 Å². The summed E-state index contributed by atoms with van der Waals surface area (Å²) in [4.78, 5) is 5.80. The smallest absolute Gasteiger partial charge is 0.0900 e. The molecule has 0 radical (unpaired) electrons. The summed E-state index contributed by atoms with van der Waals surface area (Å²) in [5.41, 5.74) is 1.17. The highest BCUT2D eigenvalue weighted by molar-refractivity contribution is 7.11. The lowest BCUT2D eigenvalue weighted by Crippen LogP contribution is -2.34. The van der Waals surface area contributed by atoms with Crippen LogP contribution in [0.3, 0.4) is 0 Å². The number of aryl methyl sites for hydroxylation is 2. The number of methoxy groups -OCH3 is 1. The van der Waals surface area contributed by atoms with Crippen LogP contribution in [0.2, 0.25) is 0 Å². The summed E-state index contributed by atoms with van der Waals surface area (Å²) in [5.74, 6) is 0.828. The van der Waals surface area contributed by atoms with Crippen molar-refractivity contribution in [2.45, 2.75) is 39.3 Å². The van der Waals surface area contributed by atoms with Gasteiger partial charge in [0, 0.05) is 24.6 Å². The Kier molecular flexibility index (Phi) is 3.95. The molecule has 0 spiro atoms. The Labute approximate surface area is 101 Å². The van der Waals surface area contributed by atoms with Crippen LogP contribution in [0.25, 0.3) is 0 Å². The average molecular weight is 240 g/mol. The molecule has 1 aliphatic rings. The van der Waals surface area contributed by atoms with Crippen molar-refractivity contribution in [2.24, 2.45) is 5.92 Å². The number of thiazole rings is 1. The number of nitrogens with zero attached hydrogens (tertiary/aromatic N) is 1. The molecule has 1 aromatic heterocycles. The quantitative estimate of drug-likeness (QED) is 0.828. The lowest BCUT2D eigenvalue weighted by molar-refractivity contribution is 0.157. The van der Waals surface area contributed by atoms with Gasteiger partial charge in [-0.3, -0.25) is 0 Å². The van der Waals surface area contributed by atoms with Crippen molar-refractivity contribution in [3.05, 3.63) is 15.6 Å². The zero-order valence-corrected chi connectivity index (χ0v) is 11.1. The number of hydrogen-bond acceptors (Lipinski definition) is 4. The Bertz CT molecular complexity index is 347. The molecule has 0 saturated heterocycles. The van der Waals surface area contributed by atoms with Gasteiger partial charge in [-0.2, -0.15) is 0 Å². The first kappa shape index (κ1) is 12.0. The number of nitrogens with one attached hydrogen (secondary N) is 1. The van der Waals surface area contributed by atoms with Crippen molar-refractivity contribution < 1.29 is 4.74 Å². The molecule has 1 unspecified atom stereocenters. The molecule has 1 aliphatic carbocycles. The first-order valence-corrected chi connectivity index (χ1v) is 6.67. The van der Waals surface area contributed by atoms with Gasteiger partial charge in [-0.15, -0.1) is 11.3 Å². The molecule has 16 heavy (non-hydrogen) atoms. The number of rotatable bonds is 6. The van der Waals surface area contributed by atoms with Crippen LogP contribution in [0.4, 0.5) is 0 Å². The predicted octanol–water partition coefficient (Wildman–Crippen LogP) is 2.27. The molecule has 1 saturated carbocycles. The maximum absolute atomic E-state index is 5.25. The monoisotopic (exact) mass is 240 g/mol. The second-order valence-corrected chi connectivity index (χ2v) is 5.81. The van der Waals surface area contributed by atoms with Crippen molar-refractivity contribution in [2.75, 3.05) is 13.7 Å². The molecule has 90 valence electrons.